The number of anilines is 1. The number of hydrogen-bond acceptors (Lipinski definition) is 6. The summed E-state index contributed by atoms with van der Waals surface area (Å²) in [5.41, 5.74) is 4.75. The Hall–Kier alpha value is -1.63. The zero-order valence-electron chi connectivity index (χ0n) is 10.0. The number of hydrogen-bond donors (Lipinski definition) is 2. The third-order valence-electron chi connectivity index (χ3n) is 2.65. The summed E-state index contributed by atoms with van der Waals surface area (Å²) in [6, 6.07) is 12.1. The number of para-hydroxylation sites is 1. The van der Waals surface area contributed by atoms with E-state index in [4.69, 9.17) is 5.84 Å². The van der Waals surface area contributed by atoms with Crippen molar-refractivity contribution in [2.75, 3.05) is 5.43 Å². The number of nitrogens with one attached hydrogen (secondary N) is 1. The number of thioether (sulfide) groups is 1. The third kappa shape index (κ3) is 2.70. The maximum atomic E-state index is 5.45. The van der Waals surface area contributed by atoms with Crippen LogP contribution in [0.5, 0.6) is 0 Å². The van der Waals surface area contributed by atoms with E-state index in [-0.39, 0.29) is 0 Å². The van der Waals surface area contributed by atoms with Crippen molar-refractivity contribution in [1.82, 2.24) is 9.97 Å². The zero-order chi connectivity index (χ0) is 13.1. The number of nitrogen functional groups attached to an aromatic ring is 1. The first-order valence-corrected chi connectivity index (χ1v) is 7.56. The molecule has 6 heteroatoms. The molecule has 3 aromatic rings. The Labute approximate surface area is 119 Å². The quantitative estimate of drug-likeness (QED) is 0.438. The van der Waals surface area contributed by atoms with Gasteiger partial charge in [-0.3, -0.25) is 0 Å². The Morgan fingerprint density at radius 2 is 2.11 bits per heavy atom. The van der Waals surface area contributed by atoms with Crippen molar-refractivity contribution in [2.24, 2.45) is 5.84 Å². The Morgan fingerprint density at radius 1 is 1.21 bits per heavy atom. The van der Waals surface area contributed by atoms with Crippen molar-refractivity contribution in [3.05, 3.63) is 48.2 Å². The Kier molecular flexibility index (Phi) is 3.63. The van der Waals surface area contributed by atoms with Crippen LogP contribution in [-0.2, 0) is 5.75 Å². The number of pyridine rings is 1. The lowest BCUT2D eigenvalue weighted by Gasteiger charge is -2.05. The summed E-state index contributed by atoms with van der Waals surface area (Å²) in [5, 5.41) is 0. The molecule has 3 N–H and O–H groups in total. The number of nitrogens with zero attached hydrogens (tertiary/aromatic N) is 2. The molecule has 2 heterocycles. The number of fused-ring (bicyclic) bond motifs is 1. The maximum Gasteiger partial charge on any atom is 0.151 e. The van der Waals surface area contributed by atoms with Gasteiger partial charge in [-0.1, -0.05) is 30.0 Å². The minimum atomic E-state index is 0.719. The molecule has 2 aromatic heterocycles. The molecule has 0 radical (unpaired) electrons. The number of hydrazine groups is 1. The minimum Gasteiger partial charge on any atom is -0.308 e. The number of aromatic nitrogens is 2. The standard InChI is InChI=1S/C13H12N4S2/c14-17-12-9(4-3-7-15-12)8-18-13-16-10-5-1-2-6-11(10)19-13/h1-7H,8,14H2,(H,15,17). The van der Waals surface area contributed by atoms with E-state index in [1.54, 1.807) is 29.3 Å². The monoisotopic (exact) mass is 288 g/mol. The molecule has 0 fully saturated rings. The summed E-state index contributed by atoms with van der Waals surface area (Å²) in [6.07, 6.45) is 1.72. The smallest absolute Gasteiger partial charge is 0.151 e. The van der Waals surface area contributed by atoms with Crippen molar-refractivity contribution in [3.8, 4) is 0 Å². The van der Waals surface area contributed by atoms with Gasteiger partial charge in [0.05, 0.1) is 10.2 Å². The van der Waals surface area contributed by atoms with Crippen molar-refractivity contribution < 1.29 is 0 Å². The second-order valence-electron chi connectivity index (χ2n) is 3.89. The van der Waals surface area contributed by atoms with E-state index in [1.165, 1.54) is 4.70 Å². The molecule has 96 valence electrons. The van der Waals surface area contributed by atoms with E-state index < -0.39 is 0 Å². The number of rotatable bonds is 4. The van der Waals surface area contributed by atoms with Gasteiger partial charge in [-0.2, -0.15) is 0 Å². The fraction of sp³-hybridized carbons (Fsp3) is 0.0769. The molecular weight excluding hydrogens is 276 g/mol. The Balaban J connectivity index is 1.78. The predicted octanol–water partition coefficient (Wildman–Crippen LogP) is 3.27. The largest absolute Gasteiger partial charge is 0.308 e. The van der Waals surface area contributed by atoms with E-state index >= 15 is 0 Å². The van der Waals surface area contributed by atoms with Crippen molar-refractivity contribution >= 4 is 39.1 Å². The van der Waals surface area contributed by atoms with Gasteiger partial charge in [-0.15, -0.1) is 11.3 Å². The molecule has 0 amide bonds. The molecule has 0 saturated heterocycles. The lowest BCUT2D eigenvalue weighted by molar-refractivity contribution is 1.18. The second kappa shape index (κ2) is 5.56. The number of nitrogens with two attached hydrogens (primary N) is 1. The fourth-order valence-corrected chi connectivity index (χ4v) is 3.79. The first-order valence-electron chi connectivity index (χ1n) is 5.75. The van der Waals surface area contributed by atoms with E-state index in [1.807, 2.05) is 30.3 Å². The van der Waals surface area contributed by atoms with Gasteiger partial charge in [0.2, 0.25) is 0 Å². The van der Waals surface area contributed by atoms with Crippen LogP contribution in [0.3, 0.4) is 0 Å². The van der Waals surface area contributed by atoms with E-state index in [9.17, 15) is 0 Å². The van der Waals surface area contributed by atoms with Crippen LogP contribution in [-0.4, -0.2) is 9.97 Å². The first-order chi connectivity index (χ1) is 9.36. The average Bonchev–Trinajstić information content (AvgIpc) is 2.88. The van der Waals surface area contributed by atoms with Crippen molar-refractivity contribution in [1.29, 1.82) is 0 Å². The molecular formula is C13H12N4S2. The first kappa shape index (κ1) is 12.4. The van der Waals surface area contributed by atoms with Crippen LogP contribution >= 0.6 is 23.1 Å². The highest BCUT2D eigenvalue weighted by Crippen LogP contribution is 2.32. The fourth-order valence-electron chi connectivity index (χ4n) is 1.74. The highest BCUT2D eigenvalue weighted by Gasteiger charge is 2.06. The van der Waals surface area contributed by atoms with Gasteiger partial charge in [-0.05, 0) is 18.2 Å². The predicted molar refractivity (Wildman–Crippen MR) is 81.2 cm³/mol. The molecule has 19 heavy (non-hydrogen) atoms. The lowest BCUT2D eigenvalue weighted by Crippen LogP contribution is -2.10. The maximum absolute atomic E-state index is 5.45. The van der Waals surface area contributed by atoms with Gasteiger partial charge >= 0.3 is 0 Å². The Bertz CT molecular complexity index is 663. The van der Waals surface area contributed by atoms with Crippen LogP contribution in [0.25, 0.3) is 10.2 Å². The molecule has 0 aliphatic rings. The Morgan fingerprint density at radius 3 is 2.95 bits per heavy atom. The molecule has 0 spiro atoms. The molecule has 4 nitrogen and oxygen atoms in total. The summed E-state index contributed by atoms with van der Waals surface area (Å²) in [5.74, 6) is 6.96. The molecule has 0 atom stereocenters. The highest BCUT2D eigenvalue weighted by atomic mass is 32.2. The summed E-state index contributed by atoms with van der Waals surface area (Å²) in [7, 11) is 0. The summed E-state index contributed by atoms with van der Waals surface area (Å²) < 4.78 is 2.28. The van der Waals surface area contributed by atoms with Gasteiger partial charge in [0.15, 0.2) is 4.34 Å². The van der Waals surface area contributed by atoms with Gasteiger partial charge in [-0.25, -0.2) is 15.8 Å². The molecule has 0 aliphatic heterocycles. The van der Waals surface area contributed by atoms with E-state index in [0.717, 1.165) is 27.0 Å². The minimum absolute atomic E-state index is 0.719. The molecule has 0 aliphatic carbocycles. The molecule has 0 saturated carbocycles. The van der Waals surface area contributed by atoms with Gasteiger partial charge in [0, 0.05) is 17.5 Å². The normalized spacial score (nSPS) is 10.8. The SMILES string of the molecule is NNc1ncccc1CSc1nc2ccccc2s1. The molecule has 0 unspecified atom stereocenters. The van der Waals surface area contributed by atoms with Crippen LogP contribution in [0.4, 0.5) is 5.82 Å². The number of benzene rings is 1. The zero-order valence-corrected chi connectivity index (χ0v) is 11.7. The summed E-state index contributed by atoms with van der Waals surface area (Å²) in [4.78, 5) is 8.78. The van der Waals surface area contributed by atoms with Crippen molar-refractivity contribution in [3.63, 3.8) is 0 Å². The van der Waals surface area contributed by atoms with Crippen LogP contribution in [0.1, 0.15) is 5.56 Å². The number of thiazole rings is 1. The van der Waals surface area contributed by atoms with Gasteiger partial charge in [0.1, 0.15) is 5.82 Å². The van der Waals surface area contributed by atoms with E-state index in [0.29, 0.717) is 0 Å². The molecule has 1 aromatic carbocycles. The van der Waals surface area contributed by atoms with Crippen molar-refractivity contribution in [2.45, 2.75) is 10.1 Å². The van der Waals surface area contributed by atoms with Crippen LogP contribution in [0, 0.1) is 0 Å². The highest BCUT2D eigenvalue weighted by molar-refractivity contribution is 8.00. The third-order valence-corrected chi connectivity index (χ3v) is 4.88. The lowest BCUT2D eigenvalue weighted by atomic mass is 10.3. The van der Waals surface area contributed by atoms with E-state index in [2.05, 4.69) is 21.5 Å². The molecule has 0 bridgehead atoms. The average molecular weight is 288 g/mol. The topological polar surface area (TPSA) is 63.8 Å². The van der Waals surface area contributed by atoms with Crippen LogP contribution in [0.15, 0.2) is 46.9 Å². The summed E-state index contributed by atoms with van der Waals surface area (Å²) >= 11 is 3.41. The van der Waals surface area contributed by atoms with Crippen LogP contribution < -0.4 is 11.3 Å². The second-order valence-corrected chi connectivity index (χ2v) is 6.14. The van der Waals surface area contributed by atoms with Gasteiger partial charge in [0.25, 0.3) is 0 Å². The van der Waals surface area contributed by atoms with Gasteiger partial charge < -0.3 is 5.43 Å². The molecule has 3 rings (SSSR count). The van der Waals surface area contributed by atoms with Crippen LogP contribution in [0.2, 0.25) is 0 Å². The summed E-state index contributed by atoms with van der Waals surface area (Å²) in [6.45, 7) is 0.